The van der Waals surface area contributed by atoms with Crippen LogP contribution in [0.3, 0.4) is 0 Å². The first-order valence-corrected chi connectivity index (χ1v) is 33.2. The predicted molar refractivity (Wildman–Crippen MR) is 375 cm³/mol. The fraction of sp³-hybridized carbons (Fsp3) is 0.815. The van der Waals surface area contributed by atoms with E-state index >= 15 is 0 Å². The number of nitrogens with one attached hydrogen (secondary N) is 4. The maximum atomic E-state index is 10.8. The summed E-state index contributed by atoms with van der Waals surface area (Å²) in [6, 6.07) is 0.620. The minimum atomic E-state index is -0.847. The SMILES string of the molecule is C.C=C1N=C(C(C)(C)CN)NO1.CC(C)(C(=O)O)C1CNC1.CC(C)(CCN)C(=O)O.CC(C)(CN)C(=O)O.CC(C)(CN)c1nn[nH]n1.CC1(C(=O)O)CCC(N)CC1.CC1(C(=O)O)CCNCC1.NC1CC(C(=O)O)C1.NC1CCC(C(=O)O)CC1.NCC1(C(=O)O)CCOCC1. The molecule has 0 amide bonds. The number of hydrogen-bond donors (Lipinski definition) is 20. The van der Waals surface area contributed by atoms with E-state index in [4.69, 9.17) is 96.3 Å². The number of hydrogen-bond acceptors (Lipinski definition) is 25. The zero-order chi connectivity index (χ0) is 76.3. The van der Waals surface area contributed by atoms with Crippen LogP contribution in [0.5, 0.6) is 0 Å². The van der Waals surface area contributed by atoms with Crippen LogP contribution in [-0.2, 0) is 53.3 Å². The summed E-state index contributed by atoms with van der Waals surface area (Å²) in [5.74, 6) is -3.98. The van der Waals surface area contributed by atoms with Crippen LogP contribution in [0.2, 0.25) is 0 Å². The molecule has 28 N–H and O–H groups in total. The lowest BCUT2D eigenvalue weighted by molar-refractivity contribution is -0.154. The number of nitrogens with two attached hydrogens (primary N) is 8. The third-order valence-corrected chi connectivity index (χ3v) is 18.7. The molecule has 6 fully saturated rings. The third-order valence-electron chi connectivity index (χ3n) is 18.7. The number of hydroxylamine groups is 1. The van der Waals surface area contributed by atoms with Crippen molar-refractivity contribution in [1.29, 1.82) is 0 Å². The number of carbonyl (C=O) groups is 8. The molecule has 5 heterocycles. The lowest BCUT2D eigenvalue weighted by Gasteiger charge is -2.37. The first-order valence-electron chi connectivity index (χ1n) is 33.2. The fourth-order valence-electron chi connectivity index (χ4n) is 8.91. The maximum Gasteiger partial charge on any atom is 0.311 e. The second-order valence-corrected chi connectivity index (χ2v) is 29.4. The van der Waals surface area contributed by atoms with Crippen molar-refractivity contribution in [2.75, 3.05) is 72.1 Å². The van der Waals surface area contributed by atoms with Gasteiger partial charge in [0.15, 0.2) is 5.82 Å². The van der Waals surface area contributed by atoms with Crippen molar-refractivity contribution in [1.82, 2.24) is 36.7 Å². The molecule has 34 nitrogen and oxygen atoms in total. The molecule has 0 aromatic carbocycles. The van der Waals surface area contributed by atoms with Crippen molar-refractivity contribution >= 4 is 53.6 Å². The van der Waals surface area contributed by atoms with Gasteiger partial charge in [0.25, 0.3) is 0 Å². The second kappa shape index (κ2) is 45.3. The summed E-state index contributed by atoms with van der Waals surface area (Å²) >= 11 is 0. The van der Waals surface area contributed by atoms with E-state index in [1.807, 2.05) is 34.6 Å². The van der Waals surface area contributed by atoms with E-state index in [0.29, 0.717) is 82.6 Å². The number of tetrazole rings is 1. The molecule has 34 heteroatoms. The lowest BCUT2D eigenvalue weighted by atomic mass is 9.74. The summed E-state index contributed by atoms with van der Waals surface area (Å²) in [5.41, 5.74) is 42.0. The number of nitrogens with zero attached hydrogens (tertiary/aromatic N) is 4. The maximum absolute atomic E-state index is 10.8. The first kappa shape index (κ1) is 96.6. The number of amidine groups is 1. The monoisotopic (exact) mass is 1420 g/mol. The lowest BCUT2D eigenvalue weighted by Crippen LogP contribution is -2.52. The molecule has 0 unspecified atom stereocenters. The van der Waals surface area contributed by atoms with Crippen LogP contribution in [0.15, 0.2) is 17.5 Å². The molecule has 0 bridgehead atoms. The molecular formula is C65H128N16O18. The van der Waals surface area contributed by atoms with Gasteiger partial charge in [0.2, 0.25) is 5.88 Å². The predicted octanol–water partition coefficient (Wildman–Crippen LogP) is 2.93. The summed E-state index contributed by atoms with van der Waals surface area (Å²) in [6.45, 7) is 31.4. The average molecular weight is 1420 g/mol. The zero-order valence-electron chi connectivity index (χ0n) is 60.1. The van der Waals surface area contributed by atoms with Gasteiger partial charge in [-0.25, -0.2) is 5.48 Å². The van der Waals surface area contributed by atoms with Crippen LogP contribution in [0.25, 0.3) is 0 Å². The molecule has 1 aromatic rings. The molecule has 4 aliphatic heterocycles. The normalized spacial score (nSPS) is 22.7. The van der Waals surface area contributed by atoms with E-state index in [1.165, 1.54) is 0 Å². The number of piperidine rings is 1. The molecule has 0 atom stereocenters. The highest BCUT2D eigenvalue weighted by Crippen LogP contribution is 2.36. The Bertz CT molecular complexity index is 2590. The van der Waals surface area contributed by atoms with E-state index < -0.39 is 80.2 Å². The van der Waals surface area contributed by atoms with Crippen LogP contribution in [0, 0.1) is 55.7 Å². The topological polar surface area (TPSA) is 628 Å². The van der Waals surface area contributed by atoms with Crippen molar-refractivity contribution in [3.8, 4) is 0 Å². The highest BCUT2D eigenvalue weighted by Gasteiger charge is 2.41. The molecule has 3 saturated carbocycles. The van der Waals surface area contributed by atoms with Crippen LogP contribution in [0.1, 0.15) is 193 Å². The number of carboxylic acids is 8. The number of aromatic amines is 1. The second-order valence-electron chi connectivity index (χ2n) is 29.4. The van der Waals surface area contributed by atoms with E-state index in [1.54, 1.807) is 48.5 Å². The quantitative estimate of drug-likeness (QED) is 0.107. The Balaban J connectivity index is -0.00000104. The summed E-state index contributed by atoms with van der Waals surface area (Å²) in [6.07, 6.45) is 10.9. The van der Waals surface area contributed by atoms with E-state index in [0.717, 1.165) is 96.2 Å². The van der Waals surface area contributed by atoms with E-state index in [-0.39, 0.29) is 61.3 Å². The fourth-order valence-corrected chi connectivity index (χ4v) is 8.91. The molecular weight excluding hydrogens is 1290 g/mol. The van der Waals surface area contributed by atoms with Crippen LogP contribution in [0.4, 0.5) is 0 Å². The zero-order valence-corrected chi connectivity index (χ0v) is 60.1. The summed E-state index contributed by atoms with van der Waals surface area (Å²) in [7, 11) is 0. The Labute approximate surface area is 584 Å². The van der Waals surface area contributed by atoms with Gasteiger partial charge < -0.3 is 107 Å². The third kappa shape index (κ3) is 35.5. The van der Waals surface area contributed by atoms with Crippen molar-refractivity contribution < 1.29 is 88.8 Å². The van der Waals surface area contributed by atoms with Gasteiger partial charge in [-0.1, -0.05) is 40.3 Å². The largest absolute Gasteiger partial charge is 0.481 e. The van der Waals surface area contributed by atoms with Gasteiger partial charge >= 0.3 is 47.8 Å². The molecule has 99 heavy (non-hydrogen) atoms. The Kier molecular flexibility index (Phi) is 44.2. The number of ether oxygens (including phenoxy) is 1. The van der Waals surface area contributed by atoms with Gasteiger partial charge in [-0.2, -0.15) is 10.2 Å². The van der Waals surface area contributed by atoms with Gasteiger partial charge in [-0.15, -0.1) is 10.2 Å². The van der Waals surface area contributed by atoms with Gasteiger partial charge in [-0.05, 0) is 184 Å². The Hall–Kier alpha value is -6.60. The first-order chi connectivity index (χ1) is 45.1. The van der Waals surface area contributed by atoms with E-state index in [9.17, 15) is 38.4 Å². The van der Waals surface area contributed by atoms with Gasteiger partial charge in [0, 0.05) is 81.4 Å². The van der Waals surface area contributed by atoms with Crippen molar-refractivity contribution in [2.45, 2.75) is 210 Å². The van der Waals surface area contributed by atoms with Gasteiger partial charge in [0.05, 0.1) is 44.3 Å². The highest BCUT2D eigenvalue weighted by molar-refractivity contribution is 5.88. The average Bonchev–Trinajstić information content (AvgIpc) is 1.66. The van der Waals surface area contributed by atoms with Gasteiger partial charge in [0.1, 0.15) is 5.84 Å². The number of carboxylic acid groups (broad SMARTS) is 8. The molecule has 3 saturated heterocycles. The minimum Gasteiger partial charge on any atom is -0.481 e. The smallest absolute Gasteiger partial charge is 0.311 e. The molecule has 1 aromatic heterocycles. The molecule has 0 radical (unpaired) electrons. The van der Waals surface area contributed by atoms with Crippen LogP contribution in [-0.4, -0.2) is 205 Å². The number of aromatic nitrogens is 4. The Morgan fingerprint density at radius 3 is 1.27 bits per heavy atom. The Morgan fingerprint density at radius 2 is 1.02 bits per heavy atom. The van der Waals surface area contributed by atoms with Crippen molar-refractivity contribution in [2.24, 2.45) is 107 Å². The highest BCUT2D eigenvalue weighted by atomic mass is 16.7. The van der Waals surface area contributed by atoms with Crippen molar-refractivity contribution in [3.05, 3.63) is 18.3 Å². The van der Waals surface area contributed by atoms with Crippen LogP contribution < -0.4 is 62.0 Å². The molecule has 576 valence electrons. The molecule has 0 spiro atoms. The Morgan fingerprint density at radius 1 is 0.566 bits per heavy atom. The molecule has 8 rings (SSSR count). The summed E-state index contributed by atoms with van der Waals surface area (Å²) < 4.78 is 5.06. The van der Waals surface area contributed by atoms with Crippen LogP contribution >= 0.6 is 0 Å². The van der Waals surface area contributed by atoms with Crippen molar-refractivity contribution in [3.63, 3.8) is 0 Å². The molecule has 3 aliphatic carbocycles. The minimum absolute atomic E-state index is 0. The number of aliphatic carboxylic acids is 8. The standard InChI is InChI=1S/C8H15NO2.C7H13N3O.C7H13NO3.3C7H13NO2.C6H13NO2.C5H11N5.C5H9NO2.C5H11NO2.CH4/c1-8(7(10)11)4-2-6(9)3-5-8;1-5-9-6(10-11-5)7(2,3)4-8;8-5-7(6(9)10)1-3-11-4-2-7;1-7(2,6(9)10)5-3-8-4-5;1-7(6(9)10)2-4-8-5-3-7;8-6-3-1-5(2-4-6)7(9)10;1-6(2,3-4-7)5(8)9;1-5(2,3-6)4-7-9-10-8-4;6-4-1-3(2-4)5(7)8;1-5(2,3-6)4(7)8;/h6H,2-5,9H2,1H3,(H,10,11);1,4,8H2,2-3H3,(H,9,10);1-5,8H2,(H,9,10);5,8H,3-4H2,1-2H3,(H,9,10);8H,2-5H2,1H3,(H,9,10);5-6H,1-4,8H2,(H,9,10);3-4,7H2,1-2H3,(H,8,9);3,6H2,1-2H3,(H,7,8,9,10);3-4H,1-2,6H2,(H,7,8);3,6H2,1-2H3,(H,7,8);1H4. The number of aliphatic imine (C=N–C) groups is 1. The summed E-state index contributed by atoms with van der Waals surface area (Å²) in [5, 5.41) is 88.7. The number of H-pyrrole nitrogens is 1. The molecule has 7 aliphatic rings. The number of rotatable bonds is 17. The van der Waals surface area contributed by atoms with Gasteiger partial charge in [-0.3, -0.25) is 38.4 Å². The summed E-state index contributed by atoms with van der Waals surface area (Å²) in [4.78, 5) is 92.7. The van der Waals surface area contributed by atoms with E-state index in [2.05, 4.69) is 48.3 Å².